The fraction of sp³-hybridized carbons (Fsp3) is 0.0667. The number of nitrogens with zero attached hydrogens (tertiary/aromatic N) is 1. The molecule has 110 valence electrons. The zero-order valence-corrected chi connectivity index (χ0v) is 12.1. The second-order valence-corrected chi connectivity index (χ2v) is 5.66. The molecule has 1 aromatic heterocycles. The predicted molar refractivity (Wildman–Crippen MR) is 83.1 cm³/mol. The van der Waals surface area contributed by atoms with E-state index in [9.17, 15) is 19.7 Å². The van der Waals surface area contributed by atoms with E-state index in [1.165, 1.54) is 12.1 Å². The molecule has 0 saturated heterocycles. The molecule has 2 heterocycles. The van der Waals surface area contributed by atoms with E-state index in [4.69, 9.17) is 0 Å². The van der Waals surface area contributed by atoms with E-state index in [2.05, 4.69) is 5.32 Å². The largest absolute Gasteiger partial charge is 0.326 e. The second-order valence-electron chi connectivity index (χ2n) is 4.77. The lowest BCUT2D eigenvalue weighted by atomic mass is 10.0. The van der Waals surface area contributed by atoms with Crippen molar-refractivity contribution in [1.29, 1.82) is 0 Å². The predicted octanol–water partition coefficient (Wildman–Crippen LogP) is 3.05. The quantitative estimate of drug-likeness (QED) is 0.406. The molecule has 0 saturated carbocycles. The maximum Gasteiger partial charge on any atom is 0.324 e. The number of carbonyl (C=O) groups is 2. The maximum atomic E-state index is 12.1. The molecule has 3 rings (SSSR count). The van der Waals surface area contributed by atoms with Crippen molar-refractivity contribution in [1.82, 2.24) is 0 Å². The van der Waals surface area contributed by atoms with Gasteiger partial charge in [0.15, 0.2) is 5.78 Å². The molecule has 6 nitrogen and oxygen atoms in total. The first-order valence-corrected chi connectivity index (χ1v) is 7.29. The molecule has 22 heavy (non-hydrogen) atoms. The Morgan fingerprint density at radius 2 is 2.18 bits per heavy atom. The number of ketones is 1. The van der Waals surface area contributed by atoms with E-state index in [0.717, 1.165) is 22.6 Å². The fourth-order valence-corrected chi connectivity index (χ4v) is 2.87. The Morgan fingerprint density at radius 3 is 2.91 bits per heavy atom. The summed E-state index contributed by atoms with van der Waals surface area (Å²) in [5.74, 6) is -0.295. The van der Waals surface area contributed by atoms with Gasteiger partial charge in [0, 0.05) is 22.7 Å². The average Bonchev–Trinajstić information content (AvgIpc) is 3.09. The number of hydrogen-bond acceptors (Lipinski definition) is 5. The summed E-state index contributed by atoms with van der Waals surface area (Å²) in [6.45, 7) is 0. The number of carbonyl (C=O) groups excluding carboxylic acids is 2. The normalized spacial score (nSPS) is 13.2. The molecule has 1 amide bonds. The number of allylic oxidation sites excluding steroid dienone is 1. The molecular weight excluding hydrogens is 304 g/mol. The smallest absolute Gasteiger partial charge is 0.324 e. The number of fused-ring (bicyclic) bond motifs is 1. The third-order valence-corrected chi connectivity index (χ3v) is 4.13. The van der Waals surface area contributed by atoms with Crippen molar-refractivity contribution >= 4 is 39.8 Å². The zero-order valence-electron chi connectivity index (χ0n) is 11.2. The van der Waals surface area contributed by atoms with Crippen molar-refractivity contribution in [2.45, 2.75) is 6.42 Å². The van der Waals surface area contributed by atoms with Crippen LogP contribution in [-0.4, -0.2) is 16.6 Å². The molecule has 0 aliphatic carbocycles. The molecule has 1 aliphatic heterocycles. The number of nitrogens with one attached hydrogen (secondary N) is 1. The van der Waals surface area contributed by atoms with Crippen molar-refractivity contribution in [3.63, 3.8) is 0 Å². The number of hydrogen-bond donors (Lipinski definition) is 1. The van der Waals surface area contributed by atoms with Crippen LogP contribution in [0.15, 0.2) is 35.7 Å². The minimum Gasteiger partial charge on any atom is -0.326 e. The number of rotatable bonds is 4. The van der Waals surface area contributed by atoms with Gasteiger partial charge in [0.25, 0.3) is 0 Å². The standard InChI is InChI=1S/C15H10N2O4S/c18-13(4-1-9-5-15(17(20)21)22-8-9)10-2-3-12-11(6-10)7-14(19)16-12/h1-6,8H,7H2,(H,16,19)/b4-1-. The first-order chi connectivity index (χ1) is 10.5. The summed E-state index contributed by atoms with van der Waals surface area (Å²) in [6, 6.07) is 6.46. The van der Waals surface area contributed by atoms with E-state index in [-0.39, 0.29) is 23.1 Å². The van der Waals surface area contributed by atoms with Gasteiger partial charge in [-0.2, -0.15) is 0 Å². The molecule has 0 fully saturated rings. The molecule has 2 aromatic rings. The highest BCUT2D eigenvalue weighted by molar-refractivity contribution is 7.13. The summed E-state index contributed by atoms with van der Waals surface area (Å²) in [5.41, 5.74) is 2.63. The Bertz CT molecular complexity index is 823. The molecule has 0 atom stereocenters. The number of amides is 1. The van der Waals surface area contributed by atoms with Crippen molar-refractivity contribution in [2.24, 2.45) is 0 Å². The van der Waals surface area contributed by atoms with Crippen LogP contribution >= 0.6 is 11.3 Å². The summed E-state index contributed by atoms with van der Waals surface area (Å²) in [7, 11) is 0. The summed E-state index contributed by atoms with van der Waals surface area (Å²) < 4.78 is 0. The van der Waals surface area contributed by atoms with Gasteiger partial charge in [-0.05, 0) is 41.5 Å². The Kier molecular flexibility index (Phi) is 3.56. The van der Waals surface area contributed by atoms with Crippen molar-refractivity contribution < 1.29 is 14.5 Å². The average molecular weight is 314 g/mol. The Hall–Kier alpha value is -2.80. The molecule has 1 aromatic carbocycles. The second kappa shape index (κ2) is 5.53. The lowest BCUT2D eigenvalue weighted by Gasteiger charge is -2.00. The van der Waals surface area contributed by atoms with Gasteiger partial charge in [-0.15, -0.1) is 0 Å². The van der Waals surface area contributed by atoms with Crippen LogP contribution in [0, 0.1) is 10.1 Å². The van der Waals surface area contributed by atoms with Crippen LogP contribution in [-0.2, 0) is 11.2 Å². The number of thiophene rings is 1. The SMILES string of the molecule is O=C1Cc2cc(C(=O)/C=C\c3csc([N+](=O)[O-])c3)ccc2N1. The summed E-state index contributed by atoms with van der Waals surface area (Å²) in [4.78, 5) is 33.5. The maximum absolute atomic E-state index is 12.1. The molecule has 7 heteroatoms. The molecule has 0 unspecified atom stereocenters. The van der Waals surface area contributed by atoms with Gasteiger partial charge in [-0.25, -0.2) is 0 Å². The van der Waals surface area contributed by atoms with Gasteiger partial charge in [0.1, 0.15) is 0 Å². The number of benzene rings is 1. The highest BCUT2D eigenvalue weighted by Gasteiger charge is 2.18. The Labute approximate surface area is 129 Å². The van der Waals surface area contributed by atoms with Gasteiger partial charge in [-0.3, -0.25) is 19.7 Å². The first-order valence-electron chi connectivity index (χ1n) is 6.41. The van der Waals surface area contributed by atoms with Crippen LogP contribution in [0.5, 0.6) is 0 Å². The fourth-order valence-electron chi connectivity index (χ4n) is 2.17. The molecule has 1 N–H and O–H groups in total. The topological polar surface area (TPSA) is 89.3 Å². The lowest BCUT2D eigenvalue weighted by Crippen LogP contribution is -2.03. The van der Waals surface area contributed by atoms with Crippen LogP contribution in [0.2, 0.25) is 0 Å². The Morgan fingerprint density at radius 1 is 1.36 bits per heavy atom. The molecule has 1 aliphatic rings. The zero-order chi connectivity index (χ0) is 15.7. The van der Waals surface area contributed by atoms with Crippen LogP contribution in [0.1, 0.15) is 21.5 Å². The van der Waals surface area contributed by atoms with Crippen LogP contribution in [0.25, 0.3) is 6.08 Å². The summed E-state index contributed by atoms with van der Waals surface area (Å²) in [6.07, 6.45) is 3.19. The third kappa shape index (κ3) is 2.79. The van der Waals surface area contributed by atoms with Crippen molar-refractivity contribution in [3.05, 3.63) is 62.5 Å². The first kappa shape index (κ1) is 14.2. The minimum absolute atomic E-state index is 0.0363. The monoisotopic (exact) mass is 314 g/mol. The van der Waals surface area contributed by atoms with Gasteiger partial charge in [0.05, 0.1) is 11.3 Å². The van der Waals surface area contributed by atoms with Gasteiger partial charge >= 0.3 is 5.00 Å². The molecular formula is C15H10N2O4S. The third-order valence-electron chi connectivity index (χ3n) is 3.23. The van der Waals surface area contributed by atoms with E-state index in [0.29, 0.717) is 11.1 Å². The van der Waals surface area contributed by atoms with E-state index < -0.39 is 4.92 Å². The minimum atomic E-state index is -0.464. The van der Waals surface area contributed by atoms with Crippen LogP contribution in [0.4, 0.5) is 10.7 Å². The van der Waals surface area contributed by atoms with Gasteiger partial charge in [-0.1, -0.05) is 11.3 Å². The summed E-state index contributed by atoms with van der Waals surface area (Å²) >= 11 is 1.01. The molecule has 0 bridgehead atoms. The van der Waals surface area contributed by atoms with E-state index in [1.54, 1.807) is 29.7 Å². The van der Waals surface area contributed by atoms with E-state index >= 15 is 0 Å². The van der Waals surface area contributed by atoms with Crippen LogP contribution in [0.3, 0.4) is 0 Å². The lowest BCUT2D eigenvalue weighted by molar-refractivity contribution is -0.380. The number of nitro groups is 1. The highest BCUT2D eigenvalue weighted by Crippen LogP contribution is 2.25. The van der Waals surface area contributed by atoms with Crippen LogP contribution < -0.4 is 5.32 Å². The highest BCUT2D eigenvalue weighted by atomic mass is 32.1. The molecule has 0 radical (unpaired) electrons. The Balaban J connectivity index is 1.77. The molecule has 0 spiro atoms. The van der Waals surface area contributed by atoms with Gasteiger partial charge < -0.3 is 5.32 Å². The number of anilines is 1. The van der Waals surface area contributed by atoms with Crippen molar-refractivity contribution in [3.8, 4) is 0 Å². The van der Waals surface area contributed by atoms with E-state index in [1.807, 2.05) is 0 Å². The van der Waals surface area contributed by atoms with Crippen molar-refractivity contribution in [2.75, 3.05) is 5.32 Å². The van der Waals surface area contributed by atoms with Gasteiger partial charge in [0.2, 0.25) is 5.91 Å². The summed E-state index contributed by atoms with van der Waals surface area (Å²) in [5, 5.41) is 15.0.